The van der Waals surface area contributed by atoms with Gasteiger partial charge in [0.2, 0.25) is 0 Å². The zero-order valence-corrected chi connectivity index (χ0v) is 13.7. The number of hydrogen-bond acceptors (Lipinski definition) is 3. The van der Waals surface area contributed by atoms with Crippen molar-refractivity contribution >= 4 is 22.5 Å². The molecule has 0 fully saturated rings. The summed E-state index contributed by atoms with van der Waals surface area (Å²) in [5.41, 5.74) is 3.78. The molecule has 0 bridgehead atoms. The van der Waals surface area contributed by atoms with Crippen LogP contribution < -0.4 is 5.32 Å². The number of furan rings is 1. The number of nitrogens with zero attached hydrogens (tertiary/aromatic N) is 1. The van der Waals surface area contributed by atoms with Crippen molar-refractivity contribution in [3.05, 3.63) is 84.1 Å². The quantitative estimate of drug-likeness (QED) is 0.572. The number of rotatable bonds is 3. The fourth-order valence-electron chi connectivity index (χ4n) is 2.82. The minimum Gasteiger partial charge on any atom is -0.463 e. The number of aryl methyl sites for hydroxylation is 1. The summed E-state index contributed by atoms with van der Waals surface area (Å²) < 4.78 is 5.45. The number of aromatic nitrogens is 1. The lowest BCUT2D eigenvalue weighted by molar-refractivity contribution is 0.102. The highest BCUT2D eigenvalue weighted by atomic mass is 16.3. The fourth-order valence-corrected chi connectivity index (χ4v) is 2.82. The zero-order chi connectivity index (χ0) is 17.2. The van der Waals surface area contributed by atoms with Gasteiger partial charge in [-0.05, 0) is 42.8 Å². The monoisotopic (exact) mass is 328 g/mol. The molecule has 2 aromatic carbocycles. The predicted molar refractivity (Wildman–Crippen MR) is 98.6 cm³/mol. The van der Waals surface area contributed by atoms with Crippen molar-refractivity contribution in [2.45, 2.75) is 6.92 Å². The Morgan fingerprint density at radius 3 is 2.60 bits per heavy atom. The van der Waals surface area contributed by atoms with Gasteiger partial charge in [-0.1, -0.05) is 36.4 Å². The van der Waals surface area contributed by atoms with Gasteiger partial charge >= 0.3 is 0 Å². The first-order chi connectivity index (χ1) is 12.2. The van der Waals surface area contributed by atoms with E-state index >= 15 is 0 Å². The van der Waals surface area contributed by atoms with Gasteiger partial charge < -0.3 is 9.73 Å². The van der Waals surface area contributed by atoms with E-state index in [2.05, 4.69) is 10.3 Å². The number of para-hydroxylation sites is 2. The second-order valence-corrected chi connectivity index (χ2v) is 5.82. The molecule has 0 spiro atoms. The minimum absolute atomic E-state index is 0.166. The van der Waals surface area contributed by atoms with Gasteiger partial charge in [0.05, 0.1) is 17.3 Å². The van der Waals surface area contributed by atoms with Gasteiger partial charge in [0.15, 0.2) is 5.76 Å². The normalized spacial score (nSPS) is 10.8. The Labute approximate surface area is 145 Å². The first kappa shape index (κ1) is 15.1. The van der Waals surface area contributed by atoms with Crippen molar-refractivity contribution in [3.8, 4) is 11.5 Å². The third-order valence-electron chi connectivity index (χ3n) is 4.13. The number of benzene rings is 2. The van der Waals surface area contributed by atoms with E-state index in [-0.39, 0.29) is 5.91 Å². The Bertz CT molecular complexity index is 1050. The lowest BCUT2D eigenvalue weighted by Crippen LogP contribution is -2.13. The van der Waals surface area contributed by atoms with Gasteiger partial charge in [0.25, 0.3) is 5.91 Å². The van der Waals surface area contributed by atoms with Crippen LogP contribution in [0.3, 0.4) is 0 Å². The number of amides is 1. The van der Waals surface area contributed by atoms with E-state index in [1.807, 2.05) is 61.5 Å². The summed E-state index contributed by atoms with van der Waals surface area (Å²) in [5.74, 6) is 0.469. The van der Waals surface area contributed by atoms with Crippen LogP contribution in [-0.4, -0.2) is 10.9 Å². The van der Waals surface area contributed by atoms with Crippen molar-refractivity contribution in [1.29, 1.82) is 0 Å². The maximum atomic E-state index is 12.9. The van der Waals surface area contributed by atoms with Crippen LogP contribution in [0, 0.1) is 6.92 Å². The molecule has 122 valence electrons. The Morgan fingerprint density at radius 2 is 1.80 bits per heavy atom. The van der Waals surface area contributed by atoms with Crippen LogP contribution in [0.15, 0.2) is 77.4 Å². The highest BCUT2D eigenvalue weighted by molar-refractivity contribution is 6.13. The Morgan fingerprint density at radius 1 is 1.00 bits per heavy atom. The second kappa shape index (κ2) is 6.24. The van der Waals surface area contributed by atoms with Crippen molar-refractivity contribution in [3.63, 3.8) is 0 Å². The number of carbonyl (C=O) groups is 1. The summed E-state index contributed by atoms with van der Waals surface area (Å²) in [4.78, 5) is 17.5. The Hall–Kier alpha value is -3.40. The lowest BCUT2D eigenvalue weighted by Gasteiger charge is -2.11. The van der Waals surface area contributed by atoms with Gasteiger partial charge in [-0.3, -0.25) is 4.79 Å². The number of anilines is 1. The average molecular weight is 328 g/mol. The smallest absolute Gasteiger partial charge is 0.256 e. The number of fused-ring (bicyclic) bond motifs is 1. The summed E-state index contributed by atoms with van der Waals surface area (Å²) in [6.07, 6.45) is 1.60. The van der Waals surface area contributed by atoms with E-state index < -0.39 is 0 Å². The standard InChI is InChI=1S/C21H16N2O2/c1-14-7-2-4-9-17(14)23-21(24)16-13-19(20-11-6-12-25-20)22-18-10-5-3-8-15(16)18/h2-13H,1H3,(H,23,24). The van der Waals surface area contributed by atoms with Gasteiger partial charge in [-0.2, -0.15) is 0 Å². The SMILES string of the molecule is Cc1ccccc1NC(=O)c1cc(-c2ccco2)nc2ccccc12. The molecule has 2 heterocycles. The zero-order valence-electron chi connectivity index (χ0n) is 13.7. The van der Waals surface area contributed by atoms with Gasteiger partial charge in [-0.25, -0.2) is 4.98 Å². The molecule has 2 aromatic heterocycles. The molecule has 4 aromatic rings. The first-order valence-corrected chi connectivity index (χ1v) is 8.03. The van der Waals surface area contributed by atoms with Crippen LogP contribution >= 0.6 is 0 Å². The molecule has 4 nitrogen and oxygen atoms in total. The summed E-state index contributed by atoms with van der Waals surface area (Å²) in [7, 11) is 0. The van der Waals surface area contributed by atoms with E-state index in [0.29, 0.717) is 17.0 Å². The van der Waals surface area contributed by atoms with E-state index in [9.17, 15) is 4.79 Å². The molecule has 0 radical (unpaired) electrons. The largest absolute Gasteiger partial charge is 0.463 e. The summed E-state index contributed by atoms with van der Waals surface area (Å²) in [5, 5.41) is 3.80. The number of hydrogen-bond donors (Lipinski definition) is 1. The third kappa shape index (κ3) is 2.90. The van der Waals surface area contributed by atoms with Gasteiger partial charge in [-0.15, -0.1) is 0 Å². The van der Waals surface area contributed by atoms with E-state index in [1.54, 1.807) is 18.4 Å². The molecule has 4 rings (SSSR count). The number of nitrogens with one attached hydrogen (secondary N) is 1. The van der Waals surface area contributed by atoms with E-state index in [1.165, 1.54) is 0 Å². The van der Waals surface area contributed by atoms with Crippen molar-refractivity contribution in [1.82, 2.24) is 4.98 Å². The lowest BCUT2D eigenvalue weighted by atomic mass is 10.1. The van der Waals surface area contributed by atoms with Crippen LogP contribution in [0.4, 0.5) is 5.69 Å². The van der Waals surface area contributed by atoms with Gasteiger partial charge in [0.1, 0.15) is 5.69 Å². The minimum atomic E-state index is -0.166. The molecular formula is C21H16N2O2. The molecule has 1 amide bonds. The molecule has 0 unspecified atom stereocenters. The van der Waals surface area contributed by atoms with Gasteiger partial charge in [0, 0.05) is 11.1 Å². The molecule has 0 saturated carbocycles. The molecule has 0 saturated heterocycles. The molecule has 0 aliphatic heterocycles. The second-order valence-electron chi connectivity index (χ2n) is 5.82. The predicted octanol–water partition coefficient (Wildman–Crippen LogP) is 5.06. The molecule has 0 aliphatic carbocycles. The maximum Gasteiger partial charge on any atom is 0.256 e. The molecule has 0 atom stereocenters. The van der Waals surface area contributed by atoms with Crippen LogP contribution in [0.5, 0.6) is 0 Å². The Kier molecular flexibility index (Phi) is 3.78. The van der Waals surface area contributed by atoms with Crippen LogP contribution in [-0.2, 0) is 0 Å². The highest BCUT2D eigenvalue weighted by Gasteiger charge is 2.15. The molecule has 0 aliphatic rings. The summed E-state index contributed by atoms with van der Waals surface area (Å²) in [6.45, 7) is 1.97. The molecule has 25 heavy (non-hydrogen) atoms. The van der Waals surface area contributed by atoms with Crippen molar-refractivity contribution < 1.29 is 9.21 Å². The summed E-state index contributed by atoms with van der Waals surface area (Å²) in [6, 6.07) is 20.7. The van der Waals surface area contributed by atoms with Crippen LogP contribution in [0.1, 0.15) is 15.9 Å². The highest BCUT2D eigenvalue weighted by Crippen LogP contribution is 2.26. The molecular weight excluding hydrogens is 312 g/mol. The van der Waals surface area contributed by atoms with E-state index in [4.69, 9.17) is 4.42 Å². The third-order valence-corrected chi connectivity index (χ3v) is 4.13. The molecule has 1 N–H and O–H groups in total. The number of pyridine rings is 1. The maximum absolute atomic E-state index is 12.9. The summed E-state index contributed by atoms with van der Waals surface area (Å²) >= 11 is 0. The van der Waals surface area contributed by atoms with Crippen LogP contribution in [0.25, 0.3) is 22.4 Å². The molecule has 4 heteroatoms. The Balaban J connectivity index is 1.82. The topological polar surface area (TPSA) is 55.1 Å². The van der Waals surface area contributed by atoms with E-state index in [0.717, 1.165) is 22.2 Å². The van der Waals surface area contributed by atoms with Crippen molar-refractivity contribution in [2.24, 2.45) is 0 Å². The average Bonchev–Trinajstić information content (AvgIpc) is 3.17. The van der Waals surface area contributed by atoms with Crippen LogP contribution in [0.2, 0.25) is 0 Å². The fraction of sp³-hybridized carbons (Fsp3) is 0.0476. The number of carbonyl (C=O) groups excluding carboxylic acids is 1. The first-order valence-electron chi connectivity index (χ1n) is 8.03. The van der Waals surface area contributed by atoms with Crippen molar-refractivity contribution in [2.75, 3.05) is 5.32 Å².